The number of alkyl halides is 6. The van der Waals surface area contributed by atoms with Crippen LogP contribution in [0.5, 0.6) is 0 Å². The van der Waals surface area contributed by atoms with Crippen molar-refractivity contribution in [1.82, 2.24) is 5.32 Å². The molecule has 2 aromatic carbocycles. The summed E-state index contributed by atoms with van der Waals surface area (Å²) in [7, 11) is 0. The van der Waals surface area contributed by atoms with Gasteiger partial charge in [0.15, 0.2) is 0 Å². The summed E-state index contributed by atoms with van der Waals surface area (Å²) in [6, 6.07) is 15.3. The van der Waals surface area contributed by atoms with Gasteiger partial charge < -0.3 is 15.4 Å². The number of halogens is 6. The molecule has 2 amide bonds. The van der Waals surface area contributed by atoms with Crippen LogP contribution in [0.2, 0.25) is 0 Å². The monoisotopic (exact) mass is 613 g/mol. The first-order valence-corrected chi connectivity index (χ1v) is 13.6. The van der Waals surface area contributed by atoms with Gasteiger partial charge in [-0.1, -0.05) is 48.5 Å². The molecule has 2 aromatic rings. The minimum Gasteiger partial charge on any atom is -0.460 e. The first-order valence-electron chi connectivity index (χ1n) is 13.6. The van der Waals surface area contributed by atoms with Gasteiger partial charge in [0.1, 0.15) is 5.60 Å². The van der Waals surface area contributed by atoms with Crippen molar-refractivity contribution < 1.29 is 45.5 Å². The smallest absolute Gasteiger partial charge is 0.389 e. The Labute approximate surface area is 245 Å². The van der Waals surface area contributed by atoms with E-state index in [1.54, 1.807) is 54.6 Å². The van der Waals surface area contributed by atoms with E-state index in [9.17, 15) is 40.7 Å². The molecule has 43 heavy (non-hydrogen) atoms. The normalized spacial score (nSPS) is 17.1. The second-order valence-electron chi connectivity index (χ2n) is 11.2. The van der Waals surface area contributed by atoms with E-state index in [4.69, 9.17) is 4.74 Å². The van der Waals surface area contributed by atoms with Gasteiger partial charge in [-0.05, 0) is 46.1 Å². The summed E-state index contributed by atoms with van der Waals surface area (Å²) in [6.07, 6.45) is -15.9. The molecule has 0 radical (unpaired) electrons. The van der Waals surface area contributed by atoms with Gasteiger partial charge in [-0.15, -0.1) is 0 Å². The highest BCUT2D eigenvalue weighted by Gasteiger charge is 2.41. The Morgan fingerprint density at radius 2 is 1.49 bits per heavy atom. The van der Waals surface area contributed by atoms with E-state index in [0.717, 1.165) is 0 Å². The van der Waals surface area contributed by atoms with E-state index in [2.05, 4.69) is 15.6 Å². The molecular formula is C30H33F6N3O4. The minimum absolute atomic E-state index is 0.306. The summed E-state index contributed by atoms with van der Waals surface area (Å²) in [5.41, 5.74) is 0.649. The number of benzene rings is 2. The van der Waals surface area contributed by atoms with Crippen LogP contribution in [0.4, 0.5) is 32.0 Å². The summed E-state index contributed by atoms with van der Waals surface area (Å²) >= 11 is 0. The molecule has 1 heterocycles. The number of ether oxygens (including phenoxy) is 1. The molecule has 2 N–H and O–H groups in total. The standard InChI is InChI=1S/C30H33F6N3O4/c1-28(2,3)43-27(42)20(13-9-16-29(31,32)33)19(15-17-30(34,35)36)25(40)39-24-26(41)37-22-14-8-7-12-21(22)23(38-24)18-10-5-4-6-11-18/h4-8,10-12,14,19-20,24H,9,13,15-17H2,1-3H3,(H,37,41)(H,39,40)/t19-,20+,24-/m1/s1. The van der Waals surface area contributed by atoms with Crippen LogP contribution in [0.25, 0.3) is 0 Å². The van der Waals surface area contributed by atoms with Crippen molar-refractivity contribution in [2.24, 2.45) is 16.8 Å². The van der Waals surface area contributed by atoms with Gasteiger partial charge in [-0.3, -0.25) is 14.4 Å². The highest BCUT2D eigenvalue weighted by Crippen LogP contribution is 2.33. The third kappa shape index (κ3) is 10.4. The molecule has 0 bridgehead atoms. The second-order valence-corrected chi connectivity index (χ2v) is 11.2. The minimum atomic E-state index is -4.73. The lowest BCUT2D eigenvalue weighted by atomic mass is 9.83. The Kier molecular flexibility index (Phi) is 10.6. The molecule has 234 valence electrons. The van der Waals surface area contributed by atoms with Crippen molar-refractivity contribution in [3.63, 3.8) is 0 Å². The molecule has 13 heteroatoms. The van der Waals surface area contributed by atoms with Gasteiger partial charge in [0.2, 0.25) is 12.1 Å². The Hall–Kier alpha value is -3.90. The van der Waals surface area contributed by atoms with Crippen molar-refractivity contribution >= 4 is 29.2 Å². The molecule has 0 unspecified atom stereocenters. The maximum absolute atomic E-state index is 13.6. The van der Waals surface area contributed by atoms with Gasteiger partial charge in [-0.25, -0.2) is 4.99 Å². The molecule has 0 aromatic heterocycles. The quantitative estimate of drug-likeness (QED) is 0.234. The Bertz CT molecular complexity index is 1320. The molecule has 0 spiro atoms. The molecule has 0 saturated heterocycles. The zero-order valence-electron chi connectivity index (χ0n) is 23.8. The Balaban J connectivity index is 2.00. The second kappa shape index (κ2) is 13.6. The van der Waals surface area contributed by atoms with Gasteiger partial charge in [0.05, 0.1) is 23.2 Å². The number of anilines is 1. The fourth-order valence-electron chi connectivity index (χ4n) is 4.64. The van der Waals surface area contributed by atoms with Crippen molar-refractivity contribution in [3.05, 3.63) is 65.7 Å². The average molecular weight is 614 g/mol. The number of amides is 2. The molecule has 0 saturated carbocycles. The van der Waals surface area contributed by atoms with Crippen LogP contribution in [0.1, 0.15) is 64.0 Å². The fraction of sp³-hybridized carbons (Fsp3) is 0.467. The number of fused-ring (bicyclic) bond motifs is 1. The molecule has 0 fully saturated rings. The zero-order valence-corrected chi connectivity index (χ0v) is 23.8. The summed E-state index contributed by atoms with van der Waals surface area (Å²) < 4.78 is 84.0. The number of nitrogens with one attached hydrogen (secondary N) is 2. The van der Waals surface area contributed by atoms with Crippen LogP contribution in [0.15, 0.2) is 59.6 Å². The predicted octanol–water partition coefficient (Wildman–Crippen LogP) is 6.57. The number of hydrogen-bond donors (Lipinski definition) is 2. The SMILES string of the molecule is CC(C)(C)OC(=O)[C@@H](CCCC(F)(F)F)[C@@H](CCC(F)(F)F)C(=O)N[C@H]1N=C(c2ccccc2)c2ccccc2NC1=O. The van der Waals surface area contributed by atoms with Crippen LogP contribution >= 0.6 is 0 Å². The molecule has 1 aliphatic rings. The number of carbonyl (C=O) groups excluding carboxylic acids is 3. The van der Waals surface area contributed by atoms with Gasteiger partial charge in [-0.2, -0.15) is 26.3 Å². The van der Waals surface area contributed by atoms with Crippen LogP contribution in [0, 0.1) is 11.8 Å². The highest BCUT2D eigenvalue weighted by molar-refractivity contribution is 6.19. The van der Waals surface area contributed by atoms with Crippen molar-refractivity contribution in [2.75, 3.05) is 5.32 Å². The molecule has 1 aliphatic heterocycles. The number of carbonyl (C=O) groups is 3. The van der Waals surface area contributed by atoms with Crippen LogP contribution in [0.3, 0.4) is 0 Å². The maximum atomic E-state index is 13.6. The van der Waals surface area contributed by atoms with Crippen LogP contribution in [-0.4, -0.2) is 47.6 Å². The lowest BCUT2D eigenvalue weighted by Gasteiger charge is -2.29. The van der Waals surface area contributed by atoms with E-state index in [-0.39, 0.29) is 0 Å². The topological polar surface area (TPSA) is 96.9 Å². The number of rotatable bonds is 10. The molecule has 3 rings (SSSR count). The molecule has 3 atom stereocenters. The Morgan fingerprint density at radius 1 is 0.884 bits per heavy atom. The molecular weight excluding hydrogens is 580 g/mol. The first kappa shape index (κ1) is 33.6. The first-order chi connectivity index (χ1) is 19.9. The Morgan fingerprint density at radius 3 is 2.09 bits per heavy atom. The van der Waals surface area contributed by atoms with Crippen molar-refractivity contribution in [1.29, 1.82) is 0 Å². The lowest BCUT2D eigenvalue weighted by Crippen LogP contribution is -2.48. The van der Waals surface area contributed by atoms with Gasteiger partial charge >= 0.3 is 18.3 Å². The van der Waals surface area contributed by atoms with E-state index in [1.807, 2.05) is 0 Å². The number of esters is 1. The maximum Gasteiger partial charge on any atom is 0.389 e. The molecule has 7 nitrogen and oxygen atoms in total. The molecule has 0 aliphatic carbocycles. The summed E-state index contributed by atoms with van der Waals surface area (Å²) in [5.74, 6) is -6.46. The zero-order chi connectivity index (χ0) is 32.0. The summed E-state index contributed by atoms with van der Waals surface area (Å²) in [6.45, 7) is 4.45. The predicted molar refractivity (Wildman–Crippen MR) is 147 cm³/mol. The van der Waals surface area contributed by atoms with Gasteiger partial charge in [0, 0.05) is 24.0 Å². The average Bonchev–Trinajstić information content (AvgIpc) is 3.02. The van der Waals surface area contributed by atoms with E-state index >= 15 is 0 Å². The fourth-order valence-corrected chi connectivity index (χ4v) is 4.64. The van der Waals surface area contributed by atoms with E-state index < -0.39 is 85.8 Å². The van der Waals surface area contributed by atoms with Crippen molar-refractivity contribution in [3.8, 4) is 0 Å². The third-order valence-electron chi connectivity index (χ3n) is 6.52. The third-order valence-corrected chi connectivity index (χ3v) is 6.52. The van der Waals surface area contributed by atoms with Crippen molar-refractivity contribution in [2.45, 2.75) is 77.0 Å². The number of aliphatic imine (C=N–C) groups is 1. The van der Waals surface area contributed by atoms with Gasteiger partial charge in [0.25, 0.3) is 5.91 Å². The van der Waals surface area contributed by atoms with E-state index in [0.29, 0.717) is 22.5 Å². The largest absolute Gasteiger partial charge is 0.460 e. The lowest BCUT2D eigenvalue weighted by molar-refractivity contribution is -0.168. The summed E-state index contributed by atoms with van der Waals surface area (Å²) in [5, 5.41) is 4.99. The van der Waals surface area contributed by atoms with Crippen LogP contribution in [-0.2, 0) is 19.1 Å². The van der Waals surface area contributed by atoms with Crippen LogP contribution < -0.4 is 10.6 Å². The summed E-state index contributed by atoms with van der Waals surface area (Å²) in [4.78, 5) is 44.3. The number of para-hydroxylation sites is 1. The highest BCUT2D eigenvalue weighted by atomic mass is 19.4. The van der Waals surface area contributed by atoms with E-state index in [1.165, 1.54) is 20.8 Å². The number of hydrogen-bond acceptors (Lipinski definition) is 5. The number of benzodiazepines with no additional fused rings is 1. The number of nitrogens with zero attached hydrogens (tertiary/aromatic N) is 1.